The lowest BCUT2D eigenvalue weighted by Crippen LogP contribution is -2.15. The predicted molar refractivity (Wildman–Crippen MR) is 75.8 cm³/mol. The van der Waals surface area contributed by atoms with Crippen LogP contribution in [0.15, 0.2) is 46.5 Å². The van der Waals surface area contributed by atoms with Crippen molar-refractivity contribution in [2.24, 2.45) is 5.73 Å². The van der Waals surface area contributed by atoms with E-state index in [1.165, 1.54) is 24.0 Å². The van der Waals surface area contributed by atoms with Crippen molar-refractivity contribution in [3.05, 3.63) is 36.5 Å². The smallest absolute Gasteiger partial charge is 0.278 e. The molecular weight excluding hydrogens is 300 g/mol. The number of benzene rings is 1. The second-order valence-corrected chi connectivity index (χ2v) is 6.45. The van der Waals surface area contributed by atoms with Crippen LogP contribution in [0, 0.1) is 0 Å². The first-order valence-corrected chi connectivity index (χ1v) is 7.98. The molecule has 20 heavy (non-hydrogen) atoms. The Morgan fingerprint density at radius 1 is 1.35 bits per heavy atom. The van der Waals surface area contributed by atoms with Crippen LogP contribution in [0.25, 0.3) is 0 Å². The van der Waals surface area contributed by atoms with E-state index in [1.54, 1.807) is 24.3 Å². The summed E-state index contributed by atoms with van der Waals surface area (Å²) in [5, 5.41) is 5.95. The van der Waals surface area contributed by atoms with Crippen molar-refractivity contribution in [1.29, 1.82) is 0 Å². The molecule has 1 amide bonds. The first-order valence-electron chi connectivity index (χ1n) is 5.51. The van der Waals surface area contributed by atoms with Crippen molar-refractivity contribution in [2.45, 2.75) is 9.92 Å². The summed E-state index contributed by atoms with van der Waals surface area (Å²) in [5.74, 6) is -0.399. The van der Waals surface area contributed by atoms with Gasteiger partial charge < -0.3 is 5.73 Å². The highest BCUT2D eigenvalue weighted by Gasteiger charge is 2.17. The summed E-state index contributed by atoms with van der Waals surface area (Å²) in [4.78, 5) is 11.4. The molecule has 106 valence electrons. The summed E-state index contributed by atoms with van der Waals surface area (Å²) in [6.45, 7) is 0. The number of H-pyrrole nitrogens is 1. The number of nitrogens with zero attached hydrogens (tertiary/aromatic N) is 1. The third-order valence-corrected chi connectivity index (χ3v) is 4.66. The summed E-state index contributed by atoms with van der Waals surface area (Å²) in [6, 6.07) is 8.10. The van der Waals surface area contributed by atoms with Crippen molar-refractivity contribution in [3.8, 4) is 0 Å². The molecule has 0 atom stereocenters. The minimum Gasteiger partial charge on any atom is -0.369 e. The maximum atomic E-state index is 12.1. The zero-order valence-electron chi connectivity index (χ0n) is 10.2. The molecule has 0 aliphatic rings. The number of thioether (sulfide) groups is 1. The molecule has 0 saturated heterocycles. The van der Waals surface area contributed by atoms with Gasteiger partial charge in [0.15, 0.2) is 5.03 Å². The monoisotopic (exact) mass is 312 g/mol. The van der Waals surface area contributed by atoms with E-state index in [-0.39, 0.29) is 10.8 Å². The molecule has 0 radical (unpaired) electrons. The van der Waals surface area contributed by atoms with Gasteiger partial charge in [0.2, 0.25) is 5.91 Å². The molecule has 0 spiro atoms. The summed E-state index contributed by atoms with van der Waals surface area (Å²) >= 11 is 1.17. The van der Waals surface area contributed by atoms with Crippen LogP contribution in [0.5, 0.6) is 0 Å². The molecule has 9 heteroatoms. The fraction of sp³-hybridized carbons (Fsp3) is 0.0909. The van der Waals surface area contributed by atoms with Gasteiger partial charge in [0, 0.05) is 4.90 Å². The molecule has 1 aromatic heterocycles. The van der Waals surface area contributed by atoms with Crippen LogP contribution in [-0.2, 0) is 14.8 Å². The standard InChI is InChI=1S/C11H12N4O3S2/c12-10(16)7-19-9-4-2-1-3-8(9)15-20(17,18)11-5-6-13-14-11/h1-6,15H,7H2,(H2,12,16)(H,13,14). The summed E-state index contributed by atoms with van der Waals surface area (Å²) in [7, 11) is -3.73. The highest BCUT2D eigenvalue weighted by molar-refractivity contribution is 8.00. The second-order valence-electron chi connectivity index (χ2n) is 3.78. The average molecular weight is 312 g/mol. The van der Waals surface area contributed by atoms with Crippen molar-refractivity contribution in [1.82, 2.24) is 10.2 Å². The number of hydrogen-bond acceptors (Lipinski definition) is 5. The summed E-state index contributed by atoms with van der Waals surface area (Å²) < 4.78 is 26.6. The van der Waals surface area contributed by atoms with E-state index < -0.39 is 15.9 Å². The van der Waals surface area contributed by atoms with Crippen LogP contribution in [0.2, 0.25) is 0 Å². The first-order chi connectivity index (χ1) is 9.49. The van der Waals surface area contributed by atoms with E-state index in [0.717, 1.165) is 0 Å². The van der Waals surface area contributed by atoms with Crippen molar-refractivity contribution >= 4 is 33.4 Å². The topological polar surface area (TPSA) is 118 Å². The molecule has 4 N–H and O–H groups in total. The lowest BCUT2D eigenvalue weighted by Gasteiger charge is -2.10. The number of rotatable bonds is 6. The highest BCUT2D eigenvalue weighted by atomic mass is 32.2. The van der Waals surface area contributed by atoms with Gasteiger partial charge in [-0.2, -0.15) is 13.5 Å². The van der Waals surface area contributed by atoms with Crippen LogP contribution in [0.1, 0.15) is 0 Å². The van der Waals surface area contributed by atoms with Crippen LogP contribution in [-0.4, -0.2) is 30.3 Å². The Kier molecular flexibility index (Phi) is 4.30. The van der Waals surface area contributed by atoms with Crippen molar-refractivity contribution < 1.29 is 13.2 Å². The molecule has 0 unspecified atom stereocenters. The number of hydrogen-bond donors (Lipinski definition) is 3. The van der Waals surface area contributed by atoms with E-state index in [0.29, 0.717) is 10.6 Å². The normalized spacial score (nSPS) is 11.2. The van der Waals surface area contributed by atoms with E-state index in [2.05, 4.69) is 14.9 Å². The summed E-state index contributed by atoms with van der Waals surface area (Å²) in [6.07, 6.45) is 1.35. The zero-order valence-corrected chi connectivity index (χ0v) is 11.9. The molecule has 2 rings (SSSR count). The van der Waals surface area contributed by atoms with Gasteiger partial charge in [-0.3, -0.25) is 14.6 Å². The highest BCUT2D eigenvalue weighted by Crippen LogP contribution is 2.28. The van der Waals surface area contributed by atoms with Gasteiger partial charge in [0.05, 0.1) is 17.6 Å². The van der Waals surface area contributed by atoms with E-state index in [9.17, 15) is 13.2 Å². The third kappa shape index (κ3) is 3.52. The number of nitrogens with two attached hydrogens (primary N) is 1. The molecule has 0 aliphatic carbocycles. The van der Waals surface area contributed by atoms with Gasteiger partial charge in [0.1, 0.15) is 0 Å². The van der Waals surface area contributed by atoms with Crippen LogP contribution in [0.3, 0.4) is 0 Å². The molecule has 0 fully saturated rings. The fourth-order valence-electron chi connectivity index (χ4n) is 1.42. The molecule has 0 saturated carbocycles. The van der Waals surface area contributed by atoms with Crippen LogP contribution < -0.4 is 10.5 Å². The average Bonchev–Trinajstić information content (AvgIpc) is 2.92. The lowest BCUT2D eigenvalue weighted by atomic mass is 10.3. The minimum atomic E-state index is -3.73. The zero-order chi connectivity index (χ0) is 14.6. The Morgan fingerprint density at radius 3 is 2.75 bits per heavy atom. The number of aromatic nitrogens is 2. The number of aromatic amines is 1. The number of sulfonamides is 1. The van der Waals surface area contributed by atoms with Gasteiger partial charge in [-0.05, 0) is 18.2 Å². The van der Waals surface area contributed by atoms with Gasteiger partial charge in [-0.1, -0.05) is 12.1 Å². The van der Waals surface area contributed by atoms with E-state index in [4.69, 9.17) is 5.73 Å². The molecule has 0 bridgehead atoms. The Labute approximate surface area is 120 Å². The number of amides is 1. The largest absolute Gasteiger partial charge is 0.369 e. The van der Waals surface area contributed by atoms with Crippen molar-refractivity contribution in [2.75, 3.05) is 10.5 Å². The molecule has 0 aliphatic heterocycles. The van der Waals surface area contributed by atoms with Gasteiger partial charge in [-0.25, -0.2) is 0 Å². The molecule has 7 nitrogen and oxygen atoms in total. The maximum Gasteiger partial charge on any atom is 0.278 e. The van der Waals surface area contributed by atoms with Gasteiger partial charge in [-0.15, -0.1) is 11.8 Å². The predicted octanol–water partition coefficient (Wildman–Crippen LogP) is 0.788. The van der Waals surface area contributed by atoms with Crippen LogP contribution in [0.4, 0.5) is 5.69 Å². The first kappa shape index (κ1) is 14.4. The quantitative estimate of drug-likeness (QED) is 0.681. The number of anilines is 1. The summed E-state index contributed by atoms with van der Waals surface area (Å²) in [5.41, 5.74) is 5.47. The number of nitrogens with one attached hydrogen (secondary N) is 2. The van der Waals surface area contributed by atoms with Crippen LogP contribution >= 0.6 is 11.8 Å². The SMILES string of the molecule is NC(=O)CSc1ccccc1NS(=O)(=O)c1ccn[nH]1. The minimum absolute atomic E-state index is 0.0350. The van der Waals surface area contributed by atoms with E-state index >= 15 is 0 Å². The second kappa shape index (κ2) is 5.97. The lowest BCUT2D eigenvalue weighted by molar-refractivity contribution is -0.115. The molecule has 2 aromatic rings. The Hall–Kier alpha value is -2.00. The number of carbonyl (C=O) groups is 1. The Morgan fingerprint density at radius 2 is 2.10 bits per heavy atom. The van der Waals surface area contributed by atoms with Gasteiger partial charge in [0.25, 0.3) is 10.0 Å². The molecule has 1 heterocycles. The Balaban J connectivity index is 2.23. The number of para-hydroxylation sites is 1. The number of primary amides is 1. The fourth-order valence-corrected chi connectivity index (χ4v) is 3.22. The molecular formula is C11H12N4O3S2. The number of carbonyl (C=O) groups excluding carboxylic acids is 1. The van der Waals surface area contributed by atoms with Crippen molar-refractivity contribution in [3.63, 3.8) is 0 Å². The third-order valence-electron chi connectivity index (χ3n) is 2.27. The van der Waals surface area contributed by atoms with E-state index in [1.807, 2.05) is 0 Å². The molecule has 1 aromatic carbocycles. The Bertz CT molecular complexity index is 698. The van der Waals surface area contributed by atoms with Gasteiger partial charge >= 0.3 is 0 Å². The maximum absolute atomic E-state index is 12.1.